The van der Waals surface area contributed by atoms with E-state index in [2.05, 4.69) is 18.7 Å². The molecule has 0 radical (unpaired) electrons. The van der Waals surface area contributed by atoms with Crippen LogP contribution in [0.5, 0.6) is 0 Å². The second-order valence-electron chi connectivity index (χ2n) is 4.62. The zero-order valence-electron chi connectivity index (χ0n) is 10.5. The molecule has 1 rings (SSSR count). The van der Waals surface area contributed by atoms with Crippen LogP contribution in [0.2, 0.25) is 0 Å². The van der Waals surface area contributed by atoms with Crippen molar-refractivity contribution in [2.45, 2.75) is 39.2 Å². The minimum Gasteiger partial charge on any atom is -0.460 e. The summed E-state index contributed by atoms with van der Waals surface area (Å²) >= 11 is 0. The fourth-order valence-corrected chi connectivity index (χ4v) is 2.15. The first-order chi connectivity index (χ1) is 8.06. The molecule has 1 aliphatic rings. The van der Waals surface area contributed by atoms with E-state index in [1.54, 1.807) is 0 Å². The van der Waals surface area contributed by atoms with Gasteiger partial charge in [0.15, 0.2) is 0 Å². The fraction of sp³-hybridized carbons (Fsp3) is 0.571. The van der Waals surface area contributed by atoms with Crippen LogP contribution in [0, 0.1) is 23.2 Å². The molecule has 0 aromatic carbocycles. The van der Waals surface area contributed by atoms with Gasteiger partial charge < -0.3 is 4.74 Å². The molecule has 0 bridgehead atoms. The van der Waals surface area contributed by atoms with E-state index < -0.39 is 0 Å². The van der Waals surface area contributed by atoms with Crippen molar-refractivity contribution in [1.29, 1.82) is 5.26 Å². The molecule has 0 aromatic heterocycles. The van der Waals surface area contributed by atoms with Crippen molar-refractivity contribution in [3.05, 3.63) is 24.3 Å². The Morgan fingerprint density at radius 1 is 1.82 bits per heavy atom. The Balaban J connectivity index is 2.31. The molecule has 0 N–H and O–H groups in total. The second-order valence-corrected chi connectivity index (χ2v) is 4.62. The zero-order chi connectivity index (χ0) is 12.8. The van der Waals surface area contributed by atoms with Crippen molar-refractivity contribution in [1.82, 2.24) is 0 Å². The molecule has 0 heterocycles. The van der Waals surface area contributed by atoms with Crippen LogP contribution in [-0.2, 0) is 9.53 Å². The Morgan fingerprint density at radius 3 is 3.06 bits per heavy atom. The van der Waals surface area contributed by atoms with E-state index >= 15 is 0 Å². The topological polar surface area (TPSA) is 50.1 Å². The quantitative estimate of drug-likeness (QED) is 0.416. The molecule has 0 aliphatic heterocycles. The number of carbonyl (C=O) groups is 1. The Kier molecular flexibility index (Phi) is 4.96. The standard InChI is InChI=1S/C14H19NO2/c1-4-14(16)17-11(3)5-6-12-7-10(2)13(8-12)9-15/h4,7,11-13H,1,5-6,8H2,2-3H3. The number of ether oxygens (including phenoxy) is 1. The summed E-state index contributed by atoms with van der Waals surface area (Å²) in [5, 5.41) is 8.91. The van der Waals surface area contributed by atoms with Crippen LogP contribution < -0.4 is 0 Å². The highest BCUT2D eigenvalue weighted by molar-refractivity contribution is 5.81. The van der Waals surface area contributed by atoms with E-state index in [-0.39, 0.29) is 18.0 Å². The molecule has 0 saturated heterocycles. The molecule has 3 nitrogen and oxygen atoms in total. The molecule has 3 heteroatoms. The summed E-state index contributed by atoms with van der Waals surface area (Å²) in [4.78, 5) is 11.0. The van der Waals surface area contributed by atoms with Crippen LogP contribution in [0.1, 0.15) is 33.1 Å². The van der Waals surface area contributed by atoms with Gasteiger partial charge in [-0.05, 0) is 39.0 Å². The highest BCUT2D eigenvalue weighted by Gasteiger charge is 2.23. The van der Waals surface area contributed by atoms with Gasteiger partial charge in [0.05, 0.1) is 18.1 Å². The Hall–Kier alpha value is -1.56. The Morgan fingerprint density at radius 2 is 2.53 bits per heavy atom. The van der Waals surface area contributed by atoms with E-state index in [9.17, 15) is 4.79 Å². The monoisotopic (exact) mass is 233 g/mol. The van der Waals surface area contributed by atoms with E-state index in [1.807, 2.05) is 13.8 Å². The van der Waals surface area contributed by atoms with Crippen LogP contribution >= 0.6 is 0 Å². The number of hydrogen-bond acceptors (Lipinski definition) is 3. The molecule has 0 spiro atoms. The van der Waals surface area contributed by atoms with Crippen LogP contribution in [0.4, 0.5) is 0 Å². The molecule has 92 valence electrons. The van der Waals surface area contributed by atoms with Crippen LogP contribution in [0.15, 0.2) is 24.3 Å². The van der Waals surface area contributed by atoms with Crippen molar-refractivity contribution in [3.8, 4) is 6.07 Å². The molecule has 17 heavy (non-hydrogen) atoms. The summed E-state index contributed by atoms with van der Waals surface area (Å²) in [6.45, 7) is 7.25. The van der Waals surface area contributed by atoms with Gasteiger partial charge in [-0.1, -0.05) is 18.2 Å². The van der Waals surface area contributed by atoms with Gasteiger partial charge in [0.1, 0.15) is 0 Å². The van der Waals surface area contributed by atoms with Crippen LogP contribution in [0.3, 0.4) is 0 Å². The number of nitriles is 1. The zero-order valence-corrected chi connectivity index (χ0v) is 10.5. The van der Waals surface area contributed by atoms with Gasteiger partial charge in [0.2, 0.25) is 0 Å². The summed E-state index contributed by atoms with van der Waals surface area (Å²) in [6.07, 6.45) is 5.96. The third kappa shape index (κ3) is 4.07. The molecule has 0 saturated carbocycles. The number of carbonyl (C=O) groups excluding carboxylic acids is 1. The number of nitrogens with zero attached hydrogens (tertiary/aromatic N) is 1. The maximum atomic E-state index is 11.0. The molecule has 3 unspecified atom stereocenters. The lowest BCUT2D eigenvalue weighted by Crippen LogP contribution is -2.14. The smallest absolute Gasteiger partial charge is 0.330 e. The Labute approximate surface area is 103 Å². The second kappa shape index (κ2) is 6.24. The molecular formula is C14H19NO2. The predicted molar refractivity (Wildman–Crippen MR) is 66.0 cm³/mol. The van der Waals surface area contributed by atoms with E-state index in [0.29, 0.717) is 5.92 Å². The third-order valence-corrected chi connectivity index (χ3v) is 3.17. The SMILES string of the molecule is C=CC(=O)OC(C)CCC1C=C(C)C(C#N)C1. The lowest BCUT2D eigenvalue weighted by Gasteiger charge is -2.14. The molecule has 1 aliphatic carbocycles. The maximum Gasteiger partial charge on any atom is 0.330 e. The molecule has 3 atom stereocenters. The number of hydrogen-bond donors (Lipinski definition) is 0. The highest BCUT2D eigenvalue weighted by Crippen LogP contribution is 2.32. The largest absolute Gasteiger partial charge is 0.460 e. The summed E-state index contributed by atoms with van der Waals surface area (Å²) in [6, 6.07) is 2.31. The first-order valence-electron chi connectivity index (χ1n) is 5.97. The van der Waals surface area contributed by atoms with Gasteiger partial charge in [0.25, 0.3) is 0 Å². The minimum absolute atomic E-state index is 0.0750. The molecule has 0 fully saturated rings. The van der Waals surface area contributed by atoms with Crippen molar-refractivity contribution in [2.24, 2.45) is 11.8 Å². The lowest BCUT2D eigenvalue weighted by molar-refractivity contribution is -0.142. The summed E-state index contributed by atoms with van der Waals surface area (Å²) in [5.41, 5.74) is 1.17. The van der Waals surface area contributed by atoms with Crippen LogP contribution in [0.25, 0.3) is 0 Å². The van der Waals surface area contributed by atoms with Gasteiger partial charge in [0, 0.05) is 6.08 Å². The van der Waals surface area contributed by atoms with Crippen LogP contribution in [-0.4, -0.2) is 12.1 Å². The van der Waals surface area contributed by atoms with E-state index in [0.717, 1.165) is 19.3 Å². The van der Waals surface area contributed by atoms with Gasteiger partial charge >= 0.3 is 5.97 Å². The van der Waals surface area contributed by atoms with Gasteiger partial charge in [-0.2, -0.15) is 5.26 Å². The van der Waals surface area contributed by atoms with Gasteiger partial charge in [-0.25, -0.2) is 4.79 Å². The average Bonchev–Trinajstić information content (AvgIpc) is 2.67. The van der Waals surface area contributed by atoms with Crippen molar-refractivity contribution < 1.29 is 9.53 Å². The highest BCUT2D eigenvalue weighted by atomic mass is 16.5. The normalized spacial score (nSPS) is 24.6. The fourth-order valence-electron chi connectivity index (χ4n) is 2.15. The summed E-state index contributed by atoms with van der Waals surface area (Å²) in [5.74, 6) is 0.154. The van der Waals surface area contributed by atoms with E-state index in [4.69, 9.17) is 10.00 Å². The van der Waals surface area contributed by atoms with Gasteiger partial charge in [-0.15, -0.1) is 0 Å². The number of esters is 1. The number of rotatable bonds is 5. The van der Waals surface area contributed by atoms with Crippen molar-refractivity contribution in [3.63, 3.8) is 0 Å². The van der Waals surface area contributed by atoms with Crippen molar-refractivity contribution in [2.75, 3.05) is 0 Å². The maximum absolute atomic E-state index is 11.0. The third-order valence-electron chi connectivity index (χ3n) is 3.17. The Bertz CT molecular complexity index is 365. The molecule has 0 aromatic rings. The predicted octanol–water partition coefficient (Wildman–Crippen LogP) is 2.99. The lowest BCUT2D eigenvalue weighted by atomic mass is 9.97. The minimum atomic E-state index is -0.370. The number of allylic oxidation sites excluding steroid dienone is 2. The van der Waals surface area contributed by atoms with Gasteiger partial charge in [-0.3, -0.25) is 0 Å². The van der Waals surface area contributed by atoms with Crippen molar-refractivity contribution >= 4 is 5.97 Å². The van der Waals surface area contributed by atoms with E-state index in [1.165, 1.54) is 11.6 Å². The molecule has 0 amide bonds. The average molecular weight is 233 g/mol. The first-order valence-corrected chi connectivity index (χ1v) is 5.97. The molecular weight excluding hydrogens is 214 g/mol. The summed E-state index contributed by atoms with van der Waals surface area (Å²) < 4.78 is 5.10. The first kappa shape index (κ1) is 13.5. The summed E-state index contributed by atoms with van der Waals surface area (Å²) in [7, 11) is 0.